The van der Waals surface area contributed by atoms with Gasteiger partial charge in [-0.1, -0.05) is 88.4 Å². The SMILES string of the molecule is CCCCCCCCc1cccc(OC(C)CCOC(=O)C(CC)[N+](C)(C)Cc2ccccc2)c1. The number of likely N-dealkylation sites (N-methyl/N-ethyl adjacent to an activating group) is 1. The molecule has 2 rings (SSSR count). The van der Waals surface area contributed by atoms with Crippen molar-refractivity contribution >= 4 is 5.97 Å². The molecule has 2 aromatic rings. The van der Waals surface area contributed by atoms with E-state index in [9.17, 15) is 4.79 Å². The Labute approximate surface area is 214 Å². The second-order valence-corrected chi connectivity index (χ2v) is 10.4. The summed E-state index contributed by atoms with van der Waals surface area (Å²) in [5, 5.41) is 0. The molecule has 2 atom stereocenters. The van der Waals surface area contributed by atoms with E-state index < -0.39 is 0 Å². The van der Waals surface area contributed by atoms with Crippen molar-refractivity contribution in [1.82, 2.24) is 0 Å². The van der Waals surface area contributed by atoms with Gasteiger partial charge in [-0.15, -0.1) is 0 Å². The van der Waals surface area contributed by atoms with Crippen LogP contribution in [0.1, 0.15) is 83.3 Å². The van der Waals surface area contributed by atoms with Gasteiger partial charge in [0, 0.05) is 18.4 Å². The summed E-state index contributed by atoms with van der Waals surface area (Å²) in [5.74, 6) is 0.779. The summed E-state index contributed by atoms with van der Waals surface area (Å²) >= 11 is 0. The number of hydrogen-bond donors (Lipinski definition) is 0. The zero-order valence-corrected chi connectivity index (χ0v) is 22.8. The highest BCUT2D eigenvalue weighted by Gasteiger charge is 2.35. The van der Waals surface area contributed by atoms with E-state index in [2.05, 4.69) is 58.3 Å². The average molecular weight is 483 g/mol. The van der Waals surface area contributed by atoms with Crippen molar-refractivity contribution in [1.29, 1.82) is 0 Å². The van der Waals surface area contributed by atoms with Crippen molar-refractivity contribution in [2.45, 2.75) is 97.2 Å². The maximum atomic E-state index is 12.9. The molecular weight excluding hydrogens is 434 g/mol. The van der Waals surface area contributed by atoms with E-state index in [1.54, 1.807) is 0 Å². The molecule has 2 aromatic carbocycles. The Kier molecular flexibility index (Phi) is 12.9. The molecule has 0 fully saturated rings. The Bertz CT molecular complexity index is 849. The maximum Gasteiger partial charge on any atom is 0.364 e. The fourth-order valence-electron chi connectivity index (χ4n) is 4.71. The molecule has 0 radical (unpaired) electrons. The van der Waals surface area contributed by atoms with Gasteiger partial charge in [0.2, 0.25) is 0 Å². The summed E-state index contributed by atoms with van der Waals surface area (Å²) in [7, 11) is 4.21. The summed E-state index contributed by atoms with van der Waals surface area (Å²) < 4.78 is 12.4. The number of rotatable bonds is 17. The van der Waals surface area contributed by atoms with Crippen LogP contribution in [0, 0.1) is 0 Å². The van der Waals surface area contributed by atoms with Crippen LogP contribution in [0.4, 0.5) is 0 Å². The van der Waals surface area contributed by atoms with E-state index >= 15 is 0 Å². The van der Waals surface area contributed by atoms with Gasteiger partial charge >= 0.3 is 5.97 Å². The van der Waals surface area contributed by atoms with Crippen LogP contribution < -0.4 is 4.74 Å². The molecule has 0 heterocycles. The second kappa shape index (κ2) is 15.6. The molecule has 0 saturated heterocycles. The molecule has 4 nitrogen and oxygen atoms in total. The van der Waals surface area contributed by atoms with Crippen molar-refractivity contribution in [3.63, 3.8) is 0 Å². The first-order valence-corrected chi connectivity index (χ1v) is 13.6. The van der Waals surface area contributed by atoms with Gasteiger partial charge in [0.15, 0.2) is 6.04 Å². The summed E-state index contributed by atoms with van der Waals surface area (Å²) in [6.45, 7) is 7.52. The van der Waals surface area contributed by atoms with E-state index in [4.69, 9.17) is 9.47 Å². The first-order chi connectivity index (χ1) is 16.9. The fraction of sp³-hybridized carbons (Fsp3) is 0.581. The van der Waals surface area contributed by atoms with Crippen LogP contribution in [0.5, 0.6) is 5.75 Å². The number of benzene rings is 2. The van der Waals surface area contributed by atoms with Crippen molar-refractivity contribution < 1.29 is 18.8 Å². The summed E-state index contributed by atoms with van der Waals surface area (Å²) in [6, 6.07) is 18.6. The highest BCUT2D eigenvalue weighted by molar-refractivity contribution is 5.74. The molecule has 4 heteroatoms. The zero-order valence-electron chi connectivity index (χ0n) is 22.8. The van der Waals surface area contributed by atoms with Crippen LogP contribution in [-0.2, 0) is 22.5 Å². The quantitative estimate of drug-likeness (QED) is 0.134. The molecule has 0 bridgehead atoms. The summed E-state index contributed by atoms with van der Waals surface area (Å²) in [4.78, 5) is 12.9. The lowest BCUT2D eigenvalue weighted by molar-refractivity contribution is -0.919. The van der Waals surface area contributed by atoms with Crippen LogP contribution in [0.2, 0.25) is 0 Å². The highest BCUT2D eigenvalue weighted by atomic mass is 16.5. The first kappa shape index (κ1) is 28.9. The van der Waals surface area contributed by atoms with Crippen molar-refractivity contribution in [3.05, 3.63) is 65.7 Å². The molecular formula is C31H48NO3+. The van der Waals surface area contributed by atoms with Crippen molar-refractivity contribution in [3.8, 4) is 5.75 Å². The molecule has 0 N–H and O–H groups in total. The molecule has 0 aliphatic rings. The zero-order chi connectivity index (χ0) is 25.5. The van der Waals surface area contributed by atoms with Crippen LogP contribution >= 0.6 is 0 Å². The van der Waals surface area contributed by atoms with E-state index in [1.807, 2.05) is 31.2 Å². The van der Waals surface area contributed by atoms with Gasteiger partial charge in [-0.3, -0.25) is 0 Å². The first-order valence-electron chi connectivity index (χ1n) is 13.6. The van der Waals surface area contributed by atoms with E-state index in [-0.39, 0.29) is 18.1 Å². The largest absolute Gasteiger partial charge is 0.491 e. The van der Waals surface area contributed by atoms with Gasteiger partial charge in [-0.25, -0.2) is 4.79 Å². The van der Waals surface area contributed by atoms with Gasteiger partial charge in [-0.05, 0) is 37.5 Å². The van der Waals surface area contributed by atoms with Gasteiger partial charge < -0.3 is 14.0 Å². The Morgan fingerprint density at radius 2 is 1.57 bits per heavy atom. The van der Waals surface area contributed by atoms with E-state index in [0.29, 0.717) is 17.5 Å². The molecule has 0 spiro atoms. The molecule has 35 heavy (non-hydrogen) atoms. The third kappa shape index (κ3) is 10.9. The highest BCUT2D eigenvalue weighted by Crippen LogP contribution is 2.20. The third-order valence-electron chi connectivity index (χ3n) is 6.76. The van der Waals surface area contributed by atoms with Gasteiger partial charge in [0.05, 0.1) is 26.8 Å². The molecule has 0 amide bonds. The van der Waals surface area contributed by atoms with Gasteiger partial charge in [0.25, 0.3) is 0 Å². The second-order valence-electron chi connectivity index (χ2n) is 10.4. The number of nitrogens with zero attached hydrogens (tertiary/aromatic N) is 1. The maximum absolute atomic E-state index is 12.9. The smallest absolute Gasteiger partial charge is 0.364 e. The minimum Gasteiger partial charge on any atom is -0.491 e. The summed E-state index contributed by atoms with van der Waals surface area (Å²) in [6.07, 6.45) is 10.4. The fourth-order valence-corrected chi connectivity index (χ4v) is 4.71. The summed E-state index contributed by atoms with van der Waals surface area (Å²) in [5.41, 5.74) is 2.56. The van der Waals surface area contributed by atoms with Crippen molar-refractivity contribution in [2.24, 2.45) is 0 Å². The number of ether oxygens (including phenoxy) is 2. The van der Waals surface area contributed by atoms with Crippen LogP contribution in [0.25, 0.3) is 0 Å². The Balaban J connectivity index is 1.75. The van der Waals surface area contributed by atoms with E-state index in [1.165, 1.54) is 49.7 Å². The topological polar surface area (TPSA) is 35.5 Å². The molecule has 2 unspecified atom stereocenters. The minimum absolute atomic E-state index is 0.0148. The number of carbonyl (C=O) groups is 1. The number of carbonyl (C=O) groups excluding carboxylic acids is 1. The predicted molar refractivity (Wildman–Crippen MR) is 146 cm³/mol. The molecule has 0 saturated carbocycles. The Morgan fingerprint density at radius 1 is 0.886 bits per heavy atom. The number of aryl methyl sites for hydroxylation is 1. The number of hydrogen-bond acceptors (Lipinski definition) is 3. The average Bonchev–Trinajstić information content (AvgIpc) is 2.82. The van der Waals surface area contributed by atoms with Crippen LogP contribution in [-0.4, -0.2) is 43.3 Å². The lowest BCUT2D eigenvalue weighted by atomic mass is 10.0. The van der Waals surface area contributed by atoms with Crippen LogP contribution in [0.15, 0.2) is 54.6 Å². The Morgan fingerprint density at radius 3 is 2.29 bits per heavy atom. The number of quaternary nitrogens is 1. The van der Waals surface area contributed by atoms with Gasteiger partial charge in [0.1, 0.15) is 12.3 Å². The predicted octanol–water partition coefficient (Wildman–Crippen LogP) is 7.35. The third-order valence-corrected chi connectivity index (χ3v) is 6.76. The standard InChI is InChI=1S/C31H48NO3/c1-6-8-9-10-11-13-17-27-20-16-21-29(24-27)35-26(3)22-23-34-31(33)30(7-2)32(4,5)25-28-18-14-12-15-19-28/h12,14-16,18-21,24,26,30H,6-11,13,17,22-23,25H2,1-5H3/q+1. The van der Waals surface area contributed by atoms with Gasteiger partial charge in [-0.2, -0.15) is 0 Å². The molecule has 0 aliphatic heterocycles. The minimum atomic E-state index is -0.190. The van der Waals surface area contributed by atoms with Crippen LogP contribution in [0.3, 0.4) is 0 Å². The lowest BCUT2D eigenvalue weighted by Crippen LogP contribution is -2.52. The molecule has 0 aromatic heterocycles. The lowest BCUT2D eigenvalue weighted by Gasteiger charge is -2.36. The molecule has 0 aliphatic carbocycles. The normalized spacial score (nSPS) is 13.3. The molecule has 194 valence electrons. The van der Waals surface area contributed by atoms with E-state index in [0.717, 1.165) is 25.1 Å². The van der Waals surface area contributed by atoms with Crippen molar-refractivity contribution in [2.75, 3.05) is 20.7 Å². The number of unbranched alkanes of at least 4 members (excludes halogenated alkanes) is 5. The Hall–Kier alpha value is -2.33. The monoisotopic (exact) mass is 482 g/mol. The number of esters is 1.